The SMILES string of the molecule is C1CCOC1.CNc1nc(N)c(C=Pc2c(C)cc(C)cc2O)s1. The van der Waals surface area contributed by atoms with Gasteiger partial charge in [0, 0.05) is 25.6 Å². The molecule has 3 rings (SSSR count). The fourth-order valence-corrected chi connectivity index (χ4v) is 4.10. The van der Waals surface area contributed by atoms with Gasteiger partial charge in [-0.25, -0.2) is 4.98 Å². The number of phenols is 1. The molecule has 0 atom stereocenters. The first kappa shape index (κ1) is 18.7. The van der Waals surface area contributed by atoms with Crippen LogP contribution in [0.5, 0.6) is 5.75 Å². The van der Waals surface area contributed by atoms with E-state index in [-0.39, 0.29) is 0 Å². The lowest BCUT2D eigenvalue weighted by Crippen LogP contribution is -2.00. The molecule has 4 N–H and O–H groups in total. The number of nitrogens with zero attached hydrogens (tertiary/aromatic N) is 1. The second kappa shape index (κ2) is 9.02. The Labute approximate surface area is 148 Å². The summed E-state index contributed by atoms with van der Waals surface area (Å²) in [5.41, 5.74) is 7.98. The Hall–Kier alpha value is -1.62. The zero-order valence-corrected chi connectivity index (χ0v) is 16.0. The van der Waals surface area contributed by atoms with Crippen LogP contribution >= 0.6 is 19.5 Å². The van der Waals surface area contributed by atoms with Gasteiger partial charge in [-0.3, -0.25) is 0 Å². The Kier molecular flexibility index (Phi) is 7.03. The largest absolute Gasteiger partial charge is 0.507 e. The number of anilines is 2. The van der Waals surface area contributed by atoms with E-state index < -0.39 is 0 Å². The summed E-state index contributed by atoms with van der Waals surface area (Å²) in [6.45, 7) is 5.97. The average molecular weight is 365 g/mol. The molecule has 0 spiro atoms. The molecule has 0 amide bonds. The smallest absolute Gasteiger partial charge is 0.185 e. The summed E-state index contributed by atoms with van der Waals surface area (Å²) >= 11 is 1.50. The van der Waals surface area contributed by atoms with Gasteiger partial charge in [-0.15, -0.1) is 0 Å². The van der Waals surface area contributed by atoms with Crippen LogP contribution in [-0.4, -0.2) is 36.1 Å². The highest BCUT2D eigenvalue weighted by Crippen LogP contribution is 2.25. The van der Waals surface area contributed by atoms with Gasteiger partial charge in [0.2, 0.25) is 0 Å². The highest BCUT2D eigenvalue weighted by atomic mass is 32.1. The minimum absolute atomic E-state index is 0.326. The summed E-state index contributed by atoms with van der Waals surface area (Å²) in [4.78, 5) is 5.11. The predicted molar refractivity (Wildman–Crippen MR) is 105 cm³/mol. The molecule has 0 aliphatic carbocycles. The maximum atomic E-state index is 9.99. The molecule has 0 saturated carbocycles. The van der Waals surface area contributed by atoms with Crippen LogP contribution in [-0.2, 0) is 4.74 Å². The quantitative estimate of drug-likeness (QED) is 0.727. The molecule has 2 aromatic rings. The predicted octanol–water partition coefficient (Wildman–Crippen LogP) is 3.31. The van der Waals surface area contributed by atoms with Gasteiger partial charge in [0.25, 0.3) is 0 Å². The molecule has 2 heterocycles. The van der Waals surface area contributed by atoms with E-state index >= 15 is 0 Å². The number of hydrogen-bond donors (Lipinski definition) is 3. The van der Waals surface area contributed by atoms with E-state index in [9.17, 15) is 5.11 Å². The molecule has 130 valence electrons. The van der Waals surface area contributed by atoms with Gasteiger partial charge in [0.05, 0.1) is 4.88 Å². The monoisotopic (exact) mass is 365 g/mol. The number of nitrogens with one attached hydrogen (secondary N) is 1. The van der Waals surface area contributed by atoms with E-state index in [0.29, 0.717) is 11.6 Å². The van der Waals surface area contributed by atoms with Crippen LogP contribution in [0.25, 0.3) is 0 Å². The number of benzene rings is 1. The molecule has 1 aromatic carbocycles. The Morgan fingerprint density at radius 1 is 1.33 bits per heavy atom. The van der Waals surface area contributed by atoms with E-state index in [4.69, 9.17) is 10.5 Å². The standard InChI is InChI=1S/C13H16N3OPS.C4H8O/c1-7-4-8(2)11(9(17)5-7)18-6-10-12(14)16-13(15-3)19-10;1-2-4-5-3-1/h4-6,17H,14H2,1-3H3,(H,15,16);1-4H2. The third-order valence-corrected chi connectivity index (χ3v) is 5.90. The molecule has 5 nitrogen and oxygen atoms in total. The lowest BCUT2D eigenvalue weighted by atomic mass is 10.1. The minimum Gasteiger partial charge on any atom is -0.507 e. The molecule has 1 aliphatic heterocycles. The topological polar surface area (TPSA) is 80.4 Å². The van der Waals surface area contributed by atoms with Crippen molar-refractivity contribution in [2.45, 2.75) is 26.7 Å². The van der Waals surface area contributed by atoms with Crippen molar-refractivity contribution in [3.05, 3.63) is 28.1 Å². The second-order valence-corrected chi connectivity index (χ2v) is 7.54. The highest BCUT2D eigenvalue weighted by Gasteiger charge is 2.07. The summed E-state index contributed by atoms with van der Waals surface area (Å²) in [5.74, 6) is 2.82. The van der Waals surface area contributed by atoms with E-state index in [1.165, 1.54) is 24.2 Å². The first-order chi connectivity index (χ1) is 11.5. The van der Waals surface area contributed by atoms with Gasteiger partial charge in [-0.1, -0.05) is 25.6 Å². The van der Waals surface area contributed by atoms with Crippen LogP contribution in [0.4, 0.5) is 10.9 Å². The number of phenolic OH excluding ortho intramolecular Hbond substituents is 1. The Balaban J connectivity index is 0.000000355. The molecular weight excluding hydrogens is 341 g/mol. The molecule has 1 fully saturated rings. The van der Waals surface area contributed by atoms with E-state index in [1.54, 1.807) is 6.07 Å². The normalized spacial score (nSPS) is 13.8. The lowest BCUT2D eigenvalue weighted by molar-refractivity contribution is 0.198. The van der Waals surface area contributed by atoms with Crippen molar-refractivity contribution in [1.82, 2.24) is 4.98 Å². The van der Waals surface area contributed by atoms with Gasteiger partial charge >= 0.3 is 0 Å². The van der Waals surface area contributed by atoms with Crippen LogP contribution in [0.15, 0.2) is 12.1 Å². The van der Waals surface area contributed by atoms with Crippen molar-refractivity contribution >= 4 is 41.6 Å². The highest BCUT2D eigenvalue weighted by molar-refractivity contribution is 7.49. The Morgan fingerprint density at radius 2 is 2.04 bits per heavy atom. The second-order valence-electron chi connectivity index (χ2n) is 5.55. The van der Waals surface area contributed by atoms with Crippen LogP contribution in [0.1, 0.15) is 28.8 Å². The molecule has 1 aromatic heterocycles. The molecule has 0 radical (unpaired) electrons. The van der Waals surface area contributed by atoms with Gasteiger partial charge in [-0.05, 0) is 49.7 Å². The molecular formula is C17H24N3O2PS. The van der Waals surface area contributed by atoms with Crippen molar-refractivity contribution in [1.29, 1.82) is 0 Å². The number of nitrogen functional groups attached to an aromatic ring is 1. The van der Waals surface area contributed by atoms with Gasteiger partial charge in [-0.2, -0.15) is 0 Å². The molecule has 0 unspecified atom stereocenters. The molecule has 24 heavy (non-hydrogen) atoms. The number of aromatic nitrogens is 1. The summed E-state index contributed by atoms with van der Waals surface area (Å²) in [6.07, 6.45) is 2.56. The van der Waals surface area contributed by atoms with Crippen molar-refractivity contribution < 1.29 is 9.84 Å². The Morgan fingerprint density at radius 3 is 2.54 bits per heavy atom. The summed E-state index contributed by atoms with van der Waals surface area (Å²) in [7, 11) is 2.73. The molecule has 1 aliphatic rings. The molecule has 0 bridgehead atoms. The van der Waals surface area contributed by atoms with Crippen LogP contribution in [0.3, 0.4) is 0 Å². The summed E-state index contributed by atoms with van der Waals surface area (Å²) in [6, 6.07) is 3.84. The van der Waals surface area contributed by atoms with E-state index in [1.807, 2.05) is 26.7 Å². The van der Waals surface area contributed by atoms with E-state index in [2.05, 4.69) is 16.4 Å². The first-order valence-electron chi connectivity index (χ1n) is 7.87. The zero-order valence-electron chi connectivity index (χ0n) is 14.3. The number of ether oxygens (including phenoxy) is 1. The molecule has 1 saturated heterocycles. The van der Waals surface area contributed by atoms with Crippen molar-refractivity contribution in [3.8, 4) is 5.75 Å². The number of hydrogen-bond acceptors (Lipinski definition) is 6. The van der Waals surface area contributed by atoms with Crippen molar-refractivity contribution in [3.63, 3.8) is 0 Å². The van der Waals surface area contributed by atoms with Crippen molar-refractivity contribution in [2.75, 3.05) is 31.3 Å². The summed E-state index contributed by atoms with van der Waals surface area (Å²) in [5, 5.41) is 14.7. The van der Waals surface area contributed by atoms with Crippen LogP contribution < -0.4 is 16.4 Å². The van der Waals surface area contributed by atoms with Gasteiger partial charge in [0.1, 0.15) is 11.6 Å². The first-order valence-corrected chi connectivity index (χ1v) is 9.65. The third kappa shape index (κ3) is 5.20. The van der Waals surface area contributed by atoms with Crippen LogP contribution in [0, 0.1) is 13.8 Å². The average Bonchev–Trinajstić information content (AvgIpc) is 3.19. The number of nitrogens with two attached hydrogens (primary N) is 1. The van der Waals surface area contributed by atoms with Crippen molar-refractivity contribution in [2.24, 2.45) is 0 Å². The zero-order chi connectivity index (χ0) is 17.5. The fraction of sp³-hybridized carbons (Fsp3) is 0.412. The number of rotatable bonds is 3. The number of thiazole rings is 1. The maximum absolute atomic E-state index is 9.99. The number of aromatic hydroxyl groups is 1. The van der Waals surface area contributed by atoms with Gasteiger partial charge < -0.3 is 20.9 Å². The van der Waals surface area contributed by atoms with E-state index in [0.717, 1.165) is 47.9 Å². The Bertz CT molecular complexity index is 681. The lowest BCUT2D eigenvalue weighted by Gasteiger charge is -2.04. The van der Waals surface area contributed by atoms with Crippen LogP contribution in [0.2, 0.25) is 0 Å². The third-order valence-electron chi connectivity index (χ3n) is 3.46. The maximum Gasteiger partial charge on any atom is 0.185 e. The number of aryl methyl sites for hydroxylation is 2. The fourth-order valence-electron chi connectivity index (χ4n) is 2.28. The summed E-state index contributed by atoms with van der Waals surface area (Å²) < 4.78 is 4.94. The molecule has 7 heteroatoms. The van der Waals surface area contributed by atoms with Gasteiger partial charge in [0.15, 0.2) is 5.13 Å². The minimum atomic E-state index is 0.326.